The van der Waals surface area contributed by atoms with Crippen molar-refractivity contribution < 1.29 is 13.9 Å². The number of hydrogen-bond acceptors (Lipinski definition) is 6. The molecule has 2 saturated heterocycles. The first kappa shape index (κ1) is 15.9. The Morgan fingerprint density at radius 3 is 2.42 bits per heavy atom. The van der Waals surface area contributed by atoms with Gasteiger partial charge in [-0.1, -0.05) is 19.1 Å². The lowest BCUT2D eigenvalue weighted by Crippen LogP contribution is -2.57. The number of nitrogens with one attached hydrogen (secondary N) is 1. The summed E-state index contributed by atoms with van der Waals surface area (Å²) in [4.78, 5) is 0. The van der Waals surface area contributed by atoms with Gasteiger partial charge >= 0.3 is 0 Å². The van der Waals surface area contributed by atoms with Crippen LogP contribution >= 0.6 is 0 Å². The third kappa shape index (κ3) is 1.56. The van der Waals surface area contributed by atoms with E-state index in [1.54, 1.807) is 13.8 Å². The van der Waals surface area contributed by atoms with Crippen molar-refractivity contribution in [1.29, 1.82) is 21.2 Å². The smallest absolute Gasteiger partial charge is 0.214 e. The average molecular weight is 324 g/mol. The summed E-state index contributed by atoms with van der Waals surface area (Å²) in [6.45, 7) is 3.16. The predicted molar refractivity (Wildman–Crippen MR) is 78.3 cm³/mol. The third-order valence-electron chi connectivity index (χ3n) is 5.15. The fraction of sp³-hybridized carbons (Fsp3) is 0.412. The Bertz CT molecular complexity index is 851. The van der Waals surface area contributed by atoms with E-state index in [1.165, 1.54) is 18.2 Å². The summed E-state index contributed by atoms with van der Waals surface area (Å²) in [6, 6.07) is 11.1. The predicted octanol–water partition coefficient (Wildman–Crippen LogP) is 2.80. The van der Waals surface area contributed by atoms with E-state index in [9.17, 15) is 20.2 Å². The summed E-state index contributed by atoms with van der Waals surface area (Å²) in [5, 5.41) is 37.6. The van der Waals surface area contributed by atoms with Crippen molar-refractivity contribution in [3.05, 3.63) is 35.6 Å². The first-order valence-electron chi connectivity index (χ1n) is 7.26. The molecule has 0 spiro atoms. The van der Waals surface area contributed by atoms with E-state index in [0.717, 1.165) is 6.07 Å². The van der Waals surface area contributed by atoms with Crippen molar-refractivity contribution >= 4 is 5.90 Å². The molecule has 1 aromatic rings. The fourth-order valence-electron chi connectivity index (χ4n) is 3.68. The summed E-state index contributed by atoms with van der Waals surface area (Å²) in [6.07, 6.45) is -1.23. The van der Waals surface area contributed by atoms with E-state index < -0.39 is 40.4 Å². The van der Waals surface area contributed by atoms with Gasteiger partial charge in [0.15, 0.2) is 5.41 Å². The van der Waals surface area contributed by atoms with Gasteiger partial charge in [0.1, 0.15) is 11.9 Å². The van der Waals surface area contributed by atoms with E-state index in [-0.39, 0.29) is 5.56 Å². The van der Waals surface area contributed by atoms with Crippen molar-refractivity contribution in [2.45, 2.75) is 25.7 Å². The van der Waals surface area contributed by atoms with Crippen molar-refractivity contribution in [1.82, 2.24) is 0 Å². The van der Waals surface area contributed by atoms with Gasteiger partial charge in [-0.15, -0.1) is 0 Å². The zero-order valence-electron chi connectivity index (χ0n) is 13.0. The van der Waals surface area contributed by atoms with Crippen LogP contribution in [0.4, 0.5) is 4.39 Å². The molecule has 4 atom stereocenters. The molecule has 2 bridgehead atoms. The number of benzene rings is 1. The van der Waals surface area contributed by atoms with Crippen molar-refractivity contribution in [2.24, 2.45) is 16.7 Å². The zero-order valence-corrected chi connectivity index (χ0v) is 13.0. The number of hydrogen-bond donors (Lipinski definition) is 1. The molecular formula is C17H13FN4O2. The molecule has 1 N–H and O–H groups in total. The molecule has 0 radical (unpaired) electrons. The lowest BCUT2D eigenvalue weighted by molar-refractivity contribution is -0.268. The molecule has 0 aromatic heterocycles. The topological polar surface area (TPSA) is 114 Å². The molecule has 0 aliphatic carbocycles. The second-order valence-electron chi connectivity index (χ2n) is 6.17. The molecular weight excluding hydrogens is 311 g/mol. The Balaban J connectivity index is 2.34. The van der Waals surface area contributed by atoms with Crippen LogP contribution in [0.5, 0.6) is 0 Å². The van der Waals surface area contributed by atoms with E-state index >= 15 is 0 Å². The average Bonchev–Trinajstić information content (AvgIpc) is 2.70. The number of ether oxygens (including phenoxy) is 2. The van der Waals surface area contributed by atoms with E-state index in [0.29, 0.717) is 0 Å². The highest BCUT2D eigenvalue weighted by molar-refractivity contribution is 5.89. The molecule has 4 unspecified atom stereocenters. The van der Waals surface area contributed by atoms with Crippen molar-refractivity contribution in [2.75, 3.05) is 0 Å². The lowest BCUT2D eigenvalue weighted by Gasteiger charge is -2.47. The van der Waals surface area contributed by atoms with Gasteiger partial charge in [-0.25, -0.2) is 4.39 Å². The lowest BCUT2D eigenvalue weighted by atomic mass is 9.54. The minimum absolute atomic E-state index is 0.245. The molecule has 24 heavy (non-hydrogen) atoms. The second kappa shape index (κ2) is 4.77. The fourth-order valence-corrected chi connectivity index (χ4v) is 3.68. The molecule has 6 nitrogen and oxygen atoms in total. The Morgan fingerprint density at radius 1 is 1.21 bits per heavy atom. The van der Waals surface area contributed by atoms with Crippen LogP contribution in [-0.4, -0.2) is 11.7 Å². The SMILES string of the molecule is CC1C2(C)OC(=N)C1(C#N)C(C#N)(C#N)C(c1cccc(F)c1)O2. The maximum absolute atomic E-state index is 13.7. The molecule has 2 fully saturated rings. The van der Waals surface area contributed by atoms with Crippen molar-refractivity contribution in [3.8, 4) is 18.2 Å². The largest absolute Gasteiger partial charge is 0.448 e. The van der Waals surface area contributed by atoms with Gasteiger partial charge in [0.05, 0.1) is 24.1 Å². The van der Waals surface area contributed by atoms with Gasteiger partial charge in [-0.3, -0.25) is 5.41 Å². The van der Waals surface area contributed by atoms with Crippen LogP contribution in [0.2, 0.25) is 0 Å². The summed E-state index contributed by atoms with van der Waals surface area (Å²) < 4.78 is 25.0. The van der Waals surface area contributed by atoms with Crippen LogP contribution in [0, 0.1) is 62.0 Å². The number of fused-ring (bicyclic) bond motifs is 2. The molecule has 2 aliphatic rings. The van der Waals surface area contributed by atoms with Gasteiger partial charge in [0.2, 0.25) is 17.1 Å². The van der Waals surface area contributed by atoms with Crippen molar-refractivity contribution in [3.63, 3.8) is 0 Å². The van der Waals surface area contributed by atoms with Gasteiger partial charge in [-0.2, -0.15) is 15.8 Å². The van der Waals surface area contributed by atoms with Gasteiger partial charge < -0.3 is 9.47 Å². The number of nitrogens with zero attached hydrogens (tertiary/aromatic N) is 3. The Kier molecular flexibility index (Phi) is 3.17. The van der Waals surface area contributed by atoms with Crippen LogP contribution in [-0.2, 0) is 9.47 Å². The molecule has 1 aromatic carbocycles. The molecule has 3 rings (SSSR count). The number of nitriles is 3. The monoisotopic (exact) mass is 324 g/mol. The quantitative estimate of drug-likeness (QED) is 0.853. The number of halogens is 1. The summed E-state index contributed by atoms with van der Waals surface area (Å²) in [7, 11) is 0. The highest BCUT2D eigenvalue weighted by atomic mass is 19.1. The maximum Gasteiger partial charge on any atom is 0.214 e. The minimum atomic E-state index is -2.04. The molecule has 7 heteroatoms. The van der Waals surface area contributed by atoms with E-state index in [1.807, 2.05) is 18.2 Å². The van der Waals surface area contributed by atoms with Gasteiger partial charge in [0, 0.05) is 6.92 Å². The standard InChI is InChI=1S/C17H13FN4O2/c1-10-15(2)23-13(11-4-3-5-12(18)6-11)16(7-19,8-20)17(10,9-21)14(22)24-15/h3-6,10,13,22H,1-2H3. The van der Waals surface area contributed by atoms with Gasteiger partial charge in [0.25, 0.3) is 0 Å². The third-order valence-corrected chi connectivity index (χ3v) is 5.15. The highest BCUT2D eigenvalue weighted by Gasteiger charge is 2.78. The molecule has 2 aliphatic heterocycles. The molecule has 2 heterocycles. The normalized spacial score (nSPS) is 36.1. The zero-order chi connectivity index (χ0) is 17.8. The van der Waals surface area contributed by atoms with E-state index in [4.69, 9.17) is 14.9 Å². The Hall–Kier alpha value is -2.95. The van der Waals surface area contributed by atoms with Crippen LogP contribution in [0.1, 0.15) is 25.5 Å². The van der Waals surface area contributed by atoms with Crippen LogP contribution in [0.3, 0.4) is 0 Å². The first-order valence-corrected chi connectivity index (χ1v) is 7.26. The van der Waals surface area contributed by atoms with Gasteiger partial charge in [-0.05, 0) is 17.7 Å². The second-order valence-corrected chi connectivity index (χ2v) is 6.17. The Labute approximate surface area is 138 Å². The Morgan fingerprint density at radius 2 is 1.88 bits per heavy atom. The van der Waals surface area contributed by atoms with Crippen LogP contribution in [0.25, 0.3) is 0 Å². The summed E-state index contributed by atoms with van der Waals surface area (Å²) in [5.74, 6) is -3.12. The highest BCUT2D eigenvalue weighted by Crippen LogP contribution is 2.66. The van der Waals surface area contributed by atoms with Crippen LogP contribution < -0.4 is 0 Å². The molecule has 0 amide bonds. The molecule has 0 saturated carbocycles. The summed E-state index contributed by atoms with van der Waals surface area (Å²) >= 11 is 0. The first-order chi connectivity index (χ1) is 11.3. The molecule has 120 valence electrons. The van der Waals surface area contributed by atoms with Crippen LogP contribution in [0.15, 0.2) is 24.3 Å². The van der Waals surface area contributed by atoms with E-state index in [2.05, 4.69) is 0 Å². The minimum Gasteiger partial charge on any atom is -0.448 e. The maximum atomic E-state index is 13.7. The number of rotatable bonds is 1. The summed E-state index contributed by atoms with van der Waals surface area (Å²) in [5.41, 5.74) is -3.60.